The summed E-state index contributed by atoms with van der Waals surface area (Å²) >= 11 is 0. The van der Waals surface area contributed by atoms with Crippen LogP contribution >= 0.6 is 0 Å². The predicted octanol–water partition coefficient (Wildman–Crippen LogP) is 1.63. The number of benzene rings is 1. The number of aryl methyl sites for hydroxylation is 2. The minimum atomic E-state index is -0.554. The van der Waals surface area contributed by atoms with Crippen LogP contribution in [0, 0.1) is 13.8 Å². The van der Waals surface area contributed by atoms with Crippen LogP contribution < -0.4 is 10.1 Å². The summed E-state index contributed by atoms with van der Waals surface area (Å²) in [6.45, 7) is 8.73. The molecule has 23 heavy (non-hydrogen) atoms. The Kier molecular flexibility index (Phi) is 6.72. The molecule has 0 unspecified atom stereocenters. The fourth-order valence-corrected chi connectivity index (χ4v) is 2.09. The Labute approximate surface area is 136 Å². The van der Waals surface area contributed by atoms with Crippen LogP contribution in [0.3, 0.4) is 0 Å². The molecule has 0 aliphatic carbocycles. The lowest BCUT2D eigenvalue weighted by molar-refractivity contribution is -0.153. The summed E-state index contributed by atoms with van der Waals surface area (Å²) in [7, 11) is 0. The molecule has 0 spiro atoms. The van der Waals surface area contributed by atoms with E-state index in [4.69, 9.17) is 14.6 Å². The van der Waals surface area contributed by atoms with Crippen molar-refractivity contribution >= 4 is 11.9 Å². The maximum absolute atomic E-state index is 11.9. The molecule has 0 amide bonds. The molecule has 1 aromatic rings. The highest BCUT2D eigenvalue weighted by molar-refractivity contribution is 5.77. The number of carbonyl (C=O) groups excluding carboxylic acids is 2. The maximum Gasteiger partial charge on any atom is 0.325 e. The molecule has 6 heteroatoms. The second kappa shape index (κ2) is 8.08. The van der Waals surface area contributed by atoms with Gasteiger partial charge < -0.3 is 14.6 Å². The van der Waals surface area contributed by atoms with E-state index in [2.05, 4.69) is 5.32 Å². The van der Waals surface area contributed by atoms with Gasteiger partial charge in [0.15, 0.2) is 0 Å². The van der Waals surface area contributed by atoms with Crippen molar-refractivity contribution in [2.24, 2.45) is 0 Å². The quantitative estimate of drug-likeness (QED) is 0.611. The van der Waals surface area contributed by atoms with Gasteiger partial charge in [-0.3, -0.25) is 14.9 Å². The van der Waals surface area contributed by atoms with Crippen LogP contribution in [0.15, 0.2) is 12.1 Å². The molecular weight excluding hydrogens is 298 g/mol. The summed E-state index contributed by atoms with van der Waals surface area (Å²) < 4.78 is 10.4. The molecule has 0 saturated carbocycles. The summed E-state index contributed by atoms with van der Waals surface area (Å²) in [4.78, 5) is 23.4. The summed E-state index contributed by atoms with van der Waals surface area (Å²) in [6, 6.07) is 3.54. The van der Waals surface area contributed by atoms with E-state index in [9.17, 15) is 9.59 Å². The fourth-order valence-electron chi connectivity index (χ4n) is 2.09. The molecule has 6 nitrogen and oxygen atoms in total. The smallest absolute Gasteiger partial charge is 0.325 e. The summed E-state index contributed by atoms with van der Waals surface area (Å²) in [5.74, 6) is -0.437. The molecule has 0 saturated heterocycles. The third-order valence-electron chi connectivity index (χ3n) is 2.88. The number of hydrogen-bond donors (Lipinski definition) is 2. The zero-order valence-corrected chi connectivity index (χ0v) is 14.4. The van der Waals surface area contributed by atoms with E-state index >= 15 is 0 Å². The van der Waals surface area contributed by atoms with Gasteiger partial charge >= 0.3 is 11.9 Å². The highest BCUT2D eigenvalue weighted by Crippen LogP contribution is 2.24. The van der Waals surface area contributed by atoms with Gasteiger partial charge in [0.2, 0.25) is 0 Å². The van der Waals surface area contributed by atoms with Crippen molar-refractivity contribution in [2.75, 3.05) is 13.1 Å². The van der Waals surface area contributed by atoms with Gasteiger partial charge in [0.05, 0.1) is 19.7 Å². The number of ether oxygens (including phenoxy) is 2. The monoisotopic (exact) mass is 323 g/mol. The Morgan fingerprint density at radius 3 is 2.09 bits per heavy atom. The standard InChI is InChI=1S/C17H25NO5/c1-11-6-13(10-19)7-12(2)16(11)22-14(20)8-18-9-15(21)23-17(3,4)5/h6-7,18-19H,8-10H2,1-5H3. The first-order valence-corrected chi connectivity index (χ1v) is 7.46. The minimum absolute atomic E-state index is 0.0617. The average molecular weight is 323 g/mol. The van der Waals surface area contributed by atoms with Crippen molar-refractivity contribution in [1.82, 2.24) is 5.32 Å². The van der Waals surface area contributed by atoms with Crippen LogP contribution in [0.4, 0.5) is 0 Å². The van der Waals surface area contributed by atoms with Crippen LogP contribution in [0.5, 0.6) is 5.75 Å². The average Bonchev–Trinajstić information content (AvgIpc) is 2.40. The van der Waals surface area contributed by atoms with Crippen molar-refractivity contribution < 1.29 is 24.2 Å². The van der Waals surface area contributed by atoms with Gasteiger partial charge in [0.25, 0.3) is 0 Å². The molecule has 128 valence electrons. The molecule has 0 aliphatic heterocycles. The molecular formula is C17H25NO5. The van der Waals surface area contributed by atoms with Crippen LogP contribution in [0.2, 0.25) is 0 Å². The Hall–Kier alpha value is -1.92. The lowest BCUT2D eigenvalue weighted by Gasteiger charge is -2.19. The number of aliphatic hydroxyl groups excluding tert-OH is 1. The highest BCUT2D eigenvalue weighted by atomic mass is 16.6. The van der Waals surface area contributed by atoms with Crippen LogP contribution in [-0.2, 0) is 20.9 Å². The van der Waals surface area contributed by atoms with Crippen molar-refractivity contribution in [2.45, 2.75) is 46.8 Å². The zero-order chi connectivity index (χ0) is 17.6. The number of rotatable bonds is 6. The van der Waals surface area contributed by atoms with Gasteiger partial charge in [-0.05, 0) is 51.3 Å². The van der Waals surface area contributed by atoms with Gasteiger partial charge in [-0.25, -0.2) is 0 Å². The second-order valence-corrected chi connectivity index (χ2v) is 6.38. The first-order valence-electron chi connectivity index (χ1n) is 7.46. The molecule has 0 aliphatic rings. The molecule has 2 N–H and O–H groups in total. The van der Waals surface area contributed by atoms with Crippen molar-refractivity contribution in [3.63, 3.8) is 0 Å². The largest absolute Gasteiger partial charge is 0.459 e. The van der Waals surface area contributed by atoms with Gasteiger partial charge in [-0.2, -0.15) is 0 Å². The van der Waals surface area contributed by atoms with Crippen LogP contribution in [0.25, 0.3) is 0 Å². The van der Waals surface area contributed by atoms with Gasteiger partial charge in [-0.1, -0.05) is 12.1 Å². The predicted molar refractivity (Wildman–Crippen MR) is 86.2 cm³/mol. The van der Waals surface area contributed by atoms with Crippen LogP contribution in [0.1, 0.15) is 37.5 Å². The zero-order valence-electron chi connectivity index (χ0n) is 14.4. The molecule has 0 atom stereocenters. The van der Waals surface area contributed by atoms with E-state index in [0.717, 1.165) is 16.7 Å². The first kappa shape index (κ1) is 19.1. The van der Waals surface area contributed by atoms with E-state index in [-0.39, 0.29) is 19.7 Å². The molecule has 0 bridgehead atoms. The van der Waals surface area contributed by atoms with E-state index in [1.54, 1.807) is 32.9 Å². The molecule has 0 radical (unpaired) electrons. The number of aliphatic hydroxyl groups is 1. The highest BCUT2D eigenvalue weighted by Gasteiger charge is 2.16. The van der Waals surface area contributed by atoms with Crippen molar-refractivity contribution in [1.29, 1.82) is 0 Å². The summed E-state index contributed by atoms with van der Waals surface area (Å²) in [5, 5.41) is 11.8. The first-order chi connectivity index (χ1) is 10.6. The van der Waals surface area contributed by atoms with Gasteiger partial charge in [0.1, 0.15) is 11.4 Å². The maximum atomic E-state index is 11.9. The van der Waals surface area contributed by atoms with E-state index in [1.807, 2.05) is 13.8 Å². The normalized spacial score (nSPS) is 11.2. The van der Waals surface area contributed by atoms with E-state index in [0.29, 0.717) is 5.75 Å². The third kappa shape index (κ3) is 6.80. The second-order valence-electron chi connectivity index (χ2n) is 6.38. The molecule has 0 fully saturated rings. The molecule has 1 aromatic carbocycles. The Morgan fingerprint density at radius 2 is 1.61 bits per heavy atom. The number of hydrogen-bond acceptors (Lipinski definition) is 6. The number of nitrogens with one attached hydrogen (secondary N) is 1. The lowest BCUT2D eigenvalue weighted by Crippen LogP contribution is -2.35. The molecule has 0 aromatic heterocycles. The topological polar surface area (TPSA) is 84.9 Å². The fraction of sp³-hybridized carbons (Fsp3) is 0.529. The third-order valence-corrected chi connectivity index (χ3v) is 2.88. The molecule has 1 rings (SSSR count). The van der Waals surface area contributed by atoms with Gasteiger partial charge in [-0.15, -0.1) is 0 Å². The summed E-state index contributed by atoms with van der Waals surface area (Å²) in [6.07, 6.45) is 0. The Balaban J connectivity index is 2.50. The van der Waals surface area contributed by atoms with E-state index < -0.39 is 17.5 Å². The SMILES string of the molecule is Cc1cc(CO)cc(C)c1OC(=O)CNCC(=O)OC(C)(C)C. The Morgan fingerprint density at radius 1 is 1.09 bits per heavy atom. The molecule has 0 heterocycles. The number of esters is 2. The van der Waals surface area contributed by atoms with Crippen LogP contribution in [-0.4, -0.2) is 35.7 Å². The van der Waals surface area contributed by atoms with E-state index in [1.165, 1.54) is 0 Å². The Bertz CT molecular complexity index is 552. The summed E-state index contributed by atoms with van der Waals surface area (Å²) in [5.41, 5.74) is 1.76. The number of carbonyl (C=O) groups is 2. The lowest BCUT2D eigenvalue weighted by atomic mass is 10.1. The van der Waals surface area contributed by atoms with Crippen molar-refractivity contribution in [3.05, 3.63) is 28.8 Å². The van der Waals surface area contributed by atoms with Gasteiger partial charge in [0, 0.05) is 0 Å². The van der Waals surface area contributed by atoms with Crippen molar-refractivity contribution in [3.8, 4) is 5.75 Å². The minimum Gasteiger partial charge on any atom is -0.459 e.